The number of aryl methyl sites for hydroxylation is 1. The van der Waals surface area contributed by atoms with Gasteiger partial charge in [0.05, 0.1) is 14.2 Å². The lowest BCUT2D eigenvalue weighted by Crippen LogP contribution is -2.01. The summed E-state index contributed by atoms with van der Waals surface area (Å²) in [7, 11) is 3.14. The average molecular weight is 349 g/mol. The minimum atomic E-state index is -0.501. The van der Waals surface area contributed by atoms with Gasteiger partial charge in [0.25, 0.3) is 0 Å². The molecule has 0 saturated heterocycles. The molecule has 5 heteroatoms. The molecule has 0 fully saturated rings. The van der Waals surface area contributed by atoms with Crippen molar-refractivity contribution in [1.82, 2.24) is 0 Å². The number of benzene rings is 2. The number of hydrogen-bond donors (Lipinski definition) is 0. The van der Waals surface area contributed by atoms with Crippen LogP contribution >= 0.6 is 0 Å². The highest BCUT2D eigenvalue weighted by Crippen LogP contribution is 2.27. The second kappa shape index (κ2) is 7.70. The predicted molar refractivity (Wildman–Crippen MR) is 101 cm³/mol. The number of cyclic esters (lactones) is 1. The van der Waals surface area contributed by atoms with Crippen LogP contribution in [0.3, 0.4) is 0 Å². The van der Waals surface area contributed by atoms with Gasteiger partial charge in [-0.3, -0.25) is 0 Å². The van der Waals surface area contributed by atoms with Gasteiger partial charge < -0.3 is 14.2 Å². The maximum absolute atomic E-state index is 12.1. The van der Waals surface area contributed by atoms with E-state index in [-0.39, 0.29) is 11.6 Å². The molecular formula is C21H19NO4. The van der Waals surface area contributed by atoms with Gasteiger partial charge in [-0.25, -0.2) is 9.79 Å². The fourth-order valence-electron chi connectivity index (χ4n) is 2.44. The first-order valence-corrected chi connectivity index (χ1v) is 8.08. The van der Waals surface area contributed by atoms with Gasteiger partial charge in [-0.15, -0.1) is 0 Å². The first-order valence-electron chi connectivity index (χ1n) is 8.08. The molecule has 0 aliphatic carbocycles. The molecule has 0 unspecified atom stereocenters. The topological polar surface area (TPSA) is 57.1 Å². The summed E-state index contributed by atoms with van der Waals surface area (Å²) in [6, 6.07) is 13.3. The van der Waals surface area contributed by atoms with Gasteiger partial charge in [-0.1, -0.05) is 29.8 Å². The molecule has 26 heavy (non-hydrogen) atoms. The quantitative estimate of drug-likeness (QED) is 0.604. The number of hydrogen-bond acceptors (Lipinski definition) is 5. The smallest absolute Gasteiger partial charge is 0.363 e. The molecule has 0 N–H and O–H groups in total. The van der Waals surface area contributed by atoms with Gasteiger partial charge in [0.2, 0.25) is 5.90 Å². The summed E-state index contributed by atoms with van der Waals surface area (Å²) in [6.45, 7) is 2.03. The third kappa shape index (κ3) is 4.00. The lowest BCUT2D eigenvalue weighted by molar-refractivity contribution is -0.129. The number of carbonyl (C=O) groups is 1. The minimum Gasteiger partial charge on any atom is -0.497 e. The molecule has 1 aliphatic heterocycles. The van der Waals surface area contributed by atoms with Crippen LogP contribution in [0.2, 0.25) is 0 Å². The molecule has 5 nitrogen and oxygen atoms in total. The first kappa shape index (κ1) is 17.5. The molecule has 1 heterocycles. The maximum Gasteiger partial charge on any atom is 0.363 e. The Bertz CT molecular complexity index is 908. The van der Waals surface area contributed by atoms with E-state index in [1.165, 1.54) is 5.56 Å². The Labute approximate surface area is 152 Å². The van der Waals surface area contributed by atoms with E-state index in [4.69, 9.17) is 14.2 Å². The summed E-state index contributed by atoms with van der Waals surface area (Å²) >= 11 is 0. The minimum absolute atomic E-state index is 0.208. The van der Waals surface area contributed by atoms with Crippen molar-refractivity contribution in [1.29, 1.82) is 0 Å². The molecule has 0 amide bonds. The number of esters is 1. The van der Waals surface area contributed by atoms with E-state index < -0.39 is 5.97 Å². The summed E-state index contributed by atoms with van der Waals surface area (Å²) in [5, 5.41) is 0. The number of carbonyl (C=O) groups excluding carboxylic acids is 1. The molecule has 1 aliphatic rings. The van der Waals surface area contributed by atoms with Crippen LogP contribution < -0.4 is 9.47 Å². The summed E-state index contributed by atoms with van der Waals surface area (Å²) in [6.07, 6.45) is 5.14. The van der Waals surface area contributed by atoms with Crippen LogP contribution in [-0.4, -0.2) is 26.1 Å². The van der Waals surface area contributed by atoms with Gasteiger partial charge in [-0.05, 0) is 42.8 Å². The van der Waals surface area contributed by atoms with Crippen molar-refractivity contribution in [3.63, 3.8) is 0 Å². The standard InChI is InChI=1S/C21H19NO4/c1-14-4-6-15(7-5-14)8-11-20-22-18(21(23)26-20)13-16-12-17(24-2)9-10-19(16)25-3/h4-13H,1-3H3/b11-8+,18-13+. The van der Waals surface area contributed by atoms with Crippen molar-refractivity contribution in [2.45, 2.75) is 6.92 Å². The number of rotatable bonds is 5. The molecule has 0 spiro atoms. The van der Waals surface area contributed by atoms with E-state index in [9.17, 15) is 4.79 Å². The Kier molecular flexibility index (Phi) is 5.17. The molecule has 0 atom stereocenters. The number of nitrogens with zero attached hydrogens (tertiary/aromatic N) is 1. The lowest BCUT2D eigenvalue weighted by Gasteiger charge is -2.07. The molecule has 2 aromatic carbocycles. The zero-order valence-electron chi connectivity index (χ0n) is 14.9. The maximum atomic E-state index is 12.1. The third-order valence-corrected chi connectivity index (χ3v) is 3.86. The van der Waals surface area contributed by atoms with Crippen LogP contribution in [0, 0.1) is 6.92 Å². The van der Waals surface area contributed by atoms with Gasteiger partial charge in [0, 0.05) is 11.6 Å². The zero-order valence-corrected chi connectivity index (χ0v) is 14.9. The molecule has 0 bridgehead atoms. The van der Waals surface area contributed by atoms with Gasteiger partial charge >= 0.3 is 5.97 Å². The fourth-order valence-corrected chi connectivity index (χ4v) is 2.44. The Hall–Kier alpha value is -3.34. The molecule has 0 radical (unpaired) electrons. The highest BCUT2D eigenvalue weighted by molar-refractivity contribution is 6.11. The molecule has 0 saturated carbocycles. The van der Waals surface area contributed by atoms with Gasteiger partial charge in [-0.2, -0.15) is 0 Å². The van der Waals surface area contributed by atoms with E-state index in [2.05, 4.69) is 4.99 Å². The molecule has 2 aromatic rings. The molecule has 3 rings (SSSR count). The van der Waals surface area contributed by atoms with Crippen molar-refractivity contribution in [3.8, 4) is 11.5 Å². The Balaban J connectivity index is 1.86. The van der Waals surface area contributed by atoms with E-state index in [0.717, 1.165) is 5.56 Å². The van der Waals surface area contributed by atoms with Crippen LogP contribution in [0.5, 0.6) is 11.5 Å². The van der Waals surface area contributed by atoms with Crippen molar-refractivity contribution in [2.75, 3.05) is 14.2 Å². The predicted octanol–water partition coefficient (Wildman–Crippen LogP) is 4.02. The SMILES string of the molecule is COc1ccc(OC)c(/C=C2N=C(/C=C/c3ccc(C)cc3)OC/2=O)c1. The lowest BCUT2D eigenvalue weighted by atomic mass is 10.1. The molecule has 132 valence electrons. The van der Waals surface area contributed by atoms with Crippen molar-refractivity contribution < 1.29 is 19.0 Å². The molecule has 0 aromatic heterocycles. The van der Waals surface area contributed by atoms with Crippen LogP contribution in [0.4, 0.5) is 0 Å². The molecular weight excluding hydrogens is 330 g/mol. The summed E-state index contributed by atoms with van der Waals surface area (Å²) in [4.78, 5) is 16.3. The summed E-state index contributed by atoms with van der Waals surface area (Å²) in [5.74, 6) is 1.03. The van der Waals surface area contributed by atoms with Gasteiger partial charge in [0.15, 0.2) is 5.70 Å². The van der Waals surface area contributed by atoms with Crippen LogP contribution in [0.25, 0.3) is 12.2 Å². The van der Waals surface area contributed by atoms with Crippen molar-refractivity contribution in [2.24, 2.45) is 4.99 Å². The van der Waals surface area contributed by atoms with Gasteiger partial charge in [0.1, 0.15) is 11.5 Å². The Morgan fingerprint density at radius 1 is 1.00 bits per heavy atom. The highest BCUT2D eigenvalue weighted by Gasteiger charge is 2.21. The Morgan fingerprint density at radius 2 is 1.77 bits per heavy atom. The Morgan fingerprint density at radius 3 is 2.46 bits per heavy atom. The average Bonchev–Trinajstić information content (AvgIpc) is 3.00. The van der Waals surface area contributed by atoms with E-state index in [1.54, 1.807) is 44.6 Å². The van der Waals surface area contributed by atoms with E-state index in [1.807, 2.05) is 37.3 Å². The van der Waals surface area contributed by atoms with Crippen molar-refractivity contribution >= 4 is 24.0 Å². The number of aliphatic imine (C=N–C) groups is 1. The fraction of sp³-hybridized carbons (Fsp3) is 0.143. The number of ether oxygens (including phenoxy) is 3. The monoisotopic (exact) mass is 349 g/mol. The highest BCUT2D eigenvalue weighted by atomic mass is 16.6. The largest absolute Gasteiger partial charge is 0.497 e. The third-order valence-electron chi connectivity index (χ3n) is 3.86. The van der Waals surface area contributed by atoms with Crippen LogP contribution in [0.15, 0.2) is 59.2 Å². The first-order chi connectivity index (χ1) is 12.6. The second-order valence-corrected chi connectivity index (χ2v) is 5.72. The van der Waals surface area contributed by atoms with Crippen LogP contribution in [0.1, 0.15) is 16.7 Å². The normalized spacial score (nSPS) is 15.3. The number of methoxy groups -OCH3 is 2. The van der Waals surface area contributed by atoms with E-state index in [0.29, 0.717) is 17.1 Å². The summed E-state index contributed by atoms with van der Waals surface area (Å²) < 4.78 is 15.7. The van der Waals surface area contributed by atoms with Crippen molar-refractivity contribution in [3.05, 3.63) is 70.9 Å². The second-order valence-electron chi connectivity index (χ2n) is 5.72. The van der Waals surface area contributed by atoms with Crippen LogP contribution in [-0.2, 0) is 9.53 Å². The summed E-state index contributed by atoms with van der Waals surface area (Å²) in [5.41, 5.74) is 3.08. The zero-order chi connectivity index (χ0) is 18.5. The van der Waals surface area contributed by atoms with E-state index >= 15 is 0 Å².